The molecule has 1 aliphatic heterocycles. The van der Waals surface area contributed by atoms with Gasteiger partial charge in [0.2, 0.25) is 0 Å². The topological polar surface area (TPSA) is 78.9 Å². The third-order valence-corrected chi connectivity index (χ3v) is 8.37. The molecule has 6 rings (SSSR count). The van der Waals surface area contributed by atoms with Crippen LogP contribution in [0.15, 0.2) is 78.9 Å². The fourth-order valence-corrected chi connectivity index (χ4v) is 6.82. The maximum Gasteiger partial charge on any atom is 0.333 e. The SMILES string of the molecule is C=C/C=C\C1=C(C)C(OC(=O)C2C3CC4C(OC(=O)C42)C3OC(=O)C(=C)C)c2cccc3cccc1c23. The summed E-state index contributed by atoms with van der Waals surface area (Å²) in [6, 6.07) is 12.1. The fourth-order valence-electron chi connectivity index (χ4n) is 6.82. The number of ether oxygens (including phenoxy) is 3. The minimum Gasteiger partial charge on any atom is -0.458 e. The molecule has 2 saturated carbocycles. The maximum atomic E-state index is 13.9. The molecule has 7 unspecified atom stereocenters. The van der Waals surface area contributed by atoms with E-state index in [1.807, 2.05) is 49.4 Å². The summed E-state index contributed by atoms with van der Waals surface area (Å²) in [5.74, 6) is -3.20. The summed E-state index contributed by atoms with van der Waals surface area (Å²) in [6.07, 6.45) is 4.35. The number of fused-ring (bicyclic) bond motifs is 1. The van der Waals surface area contributed by atoms with Crippen molar-refractivity contribution in [1.29, 1.82) is 0 Å². The minimum absolute atomic E-state index is 0.156. The summed E-state index contributed by atoms with van der Waals surface area (Å²) < 4.78 is 17.6. The number of rotatable bonds is 6. The molecule has 0 radical (unpaired) electrons. The van der Waals surface area contributed by atoms with Gasteiger partial charge in [0.25, 0.3) is 0 Å². The van der Waals surface area contributed by atoms with Crippen molar-refractivity contribution in [2.75, 3.05) is 0 Å². The van der Waals surface area contributed by atoms with Gasteiger partial charge in [0.1, 0.15) is 18.3 Å². The van der Waals surface area contributed by atoms with Crippen LogP contribution in [0, 0.1) is 23.7 Å². The number of carbonyl (C=O) groups is 3. The van der Waals surface area contributed by atoms with Crippen molar-refractivity contribution >= 4 is 34.3 Å². The second-order valence-electron chi connectivity index (χ2n) is 10.4. The quantitative estimate of drug-likeness (QED) is 0.235. The van der Waals surface area contributed by atoms with Gasteiger partial charge in [-0.15, -0.1) is 0 Å². The zero-order chi connectivity index (χ0) is 26.0. The van der Waals surface area contributed by atoms with Crippen LogP contribution in [0.5, 0.6) is 0 Å². The van der Waals surface area contributed by atoms with Crippen LogP contribution in [0.1, 0.15) is 37.5 Å². The van der Waals surface area contributed by atoms with Crippen LogP contribution >= 0.6 is 0 Å². The second kappa shape index (κ2) is 8.58. The molecule has 0 aromatic heterocycles. The van der Waals surface area contributed by atoms with E-state index in [1.165, 1.54) is 0 Å². The Hall–Kier alpha value is -3.93. The van der Waals surface area contributed by atoms with Gasteiger partial charge in [0, 0.05) is 23.0 Å². The van der Waals surface area contributed by atoms with E-state index in [9.17, 15) is 14.4 Å². The van der Waals surface area contributed by atoms with E-state index >= 15 is 0 Å². The van der Waals surface area contributed by atoms with E-state index < -0.39 is 48.1 Å². The highest BCUT2D eigenvalue weighted by atomic mass is 16.6. The Morgan fingerprint density at radius 1 is 1.11 bits per heavy atom. The number of carbonyl (C=O) groups excluding carboxylic acids is 3. The molecule has 6 heteroatoms. The molecule has 2 bridgehead atoms. The van der Waals surface area contributed by atoms with Gasteiger partial charge in [-0.1, -0.05) is 67.8 Å². The van der Waals surface area contributed by atoms with E-state index in [0.717, 1.165) is 33.0 Å². The molecule has 2 aromatic carbocycles. The third kappa shape index (κ3) is 3.42. The van der Waals surface area contributed by atoms with E-state index in [1.54, 1.807) is 13.0 Å². The molecule has 1 saturated heterocycles. The van der Waals surface area contributed by atoms with Gasteiger partial charge in [-0.25, -0.2) is 4.79 Å². The van der Waals surface area contributed by atoms with Crippen LogP contribution in [0.25, 0.3) is 16.3 Å². The molecule has 4 aliphatic rings. The van der Waals surface area contributed by atoms with Crippen molar-refractivity contribution in [2.24, 2.45) is 23.7 Å². The molecule has 0 N–H and O–H groups in total. The number of benzene rings is 2. The molecule has 3 aliphatic carbocycles. The van der Waals surface area contributed by atoms with Crippen LogP contribution in [0.4, 0.5) is 0 Å². The smallest absolute Gasteiger partial charge is 0.333 e. The van der Waals surface area contributed by atoms with Crippen molar-refractivity contribution in [1.82, 2.24) is 0 Å². The van der Waals surface area contributed by atoms with Crippen molar-refractivity contribution < 1.29 is 28.6 Å². The van der Waals surface area contributed by atoms with Crippen molar-refractivity contribution in [2.45, 2.75) is 38.6 Å². The van der Waals surface area contributed by atoms with Gasteiger partial charge in [-0.05, 0) is 47.8 Å². The van der Waals surface area contributed by atoms with Crippen LogP contribution in [-0.4, -0.2) is 30.1 Å². The summed E-state index contributed by atoms with van der Waals surface area (Å²) >= 11 is 0. The van der Waals surface area contributed by atoms with Crippen LogP contribution in [-0.2, 0) is 28.6 Å². The van der Waals surface area contributed by atoms with Crippen LogP contribution in [0.3, 0.4) is 0 Å². The molecule has 7 atom stereocenters. The van der Waals surface area contributed by atoms with Crippen molar-refractivity contribution in [3.05, 3.63) is 90.1 Å². The van der Waals surface area contributed by atoms with Crippen LogP contribution in [0.2, 0.25) is 0 Å². The lowest BCUT2D eigenvalue weighted by atomic mass is 9.78. The summed E-state index contributed by atoms with van der Waals surface area (Å²) in [7, 11) is 0. The predicted octanol–water partition coefficient (Wildman–Crippen LogP) is 5.25. The second-order valence-corrected chi connectivity index (χ2v) is 10.4. The number of hydrogen-bond acceptors (Lipinski definition) is 6. The minimum atomic E-state index is -0.726. The van der Waals surface area contributed by atoms with Crippen LogP contribution < -0.4 is 0 Å². The predicted molar refractivity (Wildman–Crippen MR) is 138 cm³/mol. The molecule has 0 amide bonds. The Bertz CT molecular complexity index is 1440. The molecule has 0 spiro atoms. The van der Waals surface area contributed by atoms with Gasteiger partial charge in [0.05, 0.1) is 11.8 Å². The number of hydrogen-bond donors (Lipinski definition) is 0. The Balaban J connectivity index is 1.37. The summed E-state index contributed by atoms with van der Waals surface area (Å²) in [5, 5.41) is 2.10. The standard InChI is InChI=1S/C31H28O6/c1-5-6-11-18-16(4)26(20-13-8-10-17-9-7-12-19(18)23(17)20)35-30(33)24-21-14-22-25(24)31(34)37-28(22)27(21)36-29(32)15(2)3/h5-13,21-22,24-28H,1-2,14H2,3-4H3/b11-6-. The van der Waals surface area contributed by atoms with Gasteiger partial charge in [-0.2, -0.15) is 0 Å². The molecule has 37 heavy (non-hydrogen) atoms. The first-order valence-corrected chi connectivity index (χ1v) is 12.6. The average molecular weight is 497 g/mol. The Kier molecular flexibility index (Phi) is 5.44. The monoisotopic (exact) mass is 496 g/mol. The van der Waals surface area contributed by atoms with Gasteiger partial charge < -0.3 is 14.2 Å². The van der Waals surface area contributed by atoms with E-state index in [4.69, 9.17) is 14.2 Å². The first-order valence-electron chi connectivity index (χ1n) is 12.6. The largest absolute Gasteiger partial charge is 0.458 e. The fraction of sp³-hybridized carbons (Fsp3) is 0.323. The first kappa shape index (κ1) is 23.5. The maximum absolute atomic E-state index is 13.9. The number of allylic oxidation sites excluding steroid dienone is 4. The lowest BCUT2D eigenvalue weighted by Crippen LogP contribution is -2.44. The normalized spacial score (nSPS) is 31.1. The highest BCUT2D eigenvalue weighted by Gasteiger charge is 2.70. The third-order valence-electron chi connectivity index (χ3n) is 8.37. The molecule has 2 aromatic rings. The molecule has 188 valence electrons. The summed E-state index contributed by atoms with van der Waals surface area (Å²) in [6.45, 7) is 11.0. The lowest BCUT2D eigenvalue weighted by Gasteiger charge is -2.33. The Labute approximate surface area is 215 Å². The van der Waals surface area contributed by atoms with Crippen molar-refractivity contribution in [3.63, 3.8) is 0 Å². The van der Waals surface area contributed by atoms with Crippen molar-refractivity contribution in [3.8, 4) is 0 Å². The molecular formula is C31H28O6. The molecular weight excluding hydrogens is 468 g/mol. The first-order chi connectivity index (χ1) is 17.8. The van der Waals surface area contributed by atoms with E-state index in [0.29, 0.717) is 6.42 Å². The highest BCUT2D eigenvalue weighted by molar-refractivity contribution is 6.02. The van der Waals surface area contributed by atoms with Gasteiger partial charge in [0.15, 0.2) is 0 Å². The van der Waals surface area contributed by atoms with Gasteiger partial charge in [-0.3, -0.25) is 9.59 Å². The number of esters is 3. The molecule has 3 fully saturated rings. The van der Waals surface area contributed by atoms with E-state index in [2.05, 4.69) is 19.2 Å². The van der Waals surface area contributed by atoms with E-state index in [-0.39, 0.29) is 17.4 Å². The summed E-state index contributed by atoms with van der Waals surface area (Å²) in [4.78, 5) is 39.0. The Morgan fingerprint density at radius 2 is 1.86 bits per heavy atom. The molecule has 1 heterocycles. The highest BCUT2D eigenvalue weighted by Crippen LogP contribution is 2.59. The van der Waals surface area contributed by atoms with Gasteiger partial charge >= 0.3 is 17.9 Å². The zero-order valence-corrected chi connectivity index (χ0v) is 20.8. The lowest BCUT2D eigenvalue weighted by molar-refractivity contribution is -0.165. The average Bonchev–Trinajstić information content (AvgIpc) is 3.50. The zero-order valence-electron chi connectivity index (χ0n) is 20.8. The summed E-state index contributed by atoms with van der Waals surface area (Å²) in [5.41, 5.74) is 4.12. The molecule has 6 nitrogen and oxygen atoms in total. The Morgan fingerprint density at radius 3 is 2.59 bits per heavy atom.